The molecule has 0 spiro atoms. The average molecular weight is 467 g/mol. The Bertz CT molecular complexity index is 978. The number of methoxy groups -OCH3 is 1. The number of amides is 1. The smallest absolute Gasteiger partial charge is 0.418 e. The molecule has 0 aromatic heterocycles. The van der Waals surface area contributed by atoms with E-state index in [2.05, 4.69) is 21.2 Å². The molecule has 0 atom stereocenters. The van der Waals surface area contributed by atoms with Gasteiger partial charge in [0.25, 0.3) is 10.0 Å². The zero-order valence-electron chi connectivity index (χ0n) is 14.0. The van der Waals surface area contributed by atoms with Crippen molar-refractivity contribution in [2.75, 3.05) is 17.1 Å². The average Bonchev–Trinajstić information content (AvgIpc) is 2.54. The molecule has 6 nitrogen and oxygen atoms in total. The molecule has 0 unspecified atom stereocenters. The topological polar surface area (TPSA) is 84.5 Å². The van der Waals surface area contributed by atoms with Crippen molar-refractivity contribution in [2.45, 2.75) is 18.0 Å². The zero-order valence-corrected chi connectivity index (χ0v) is 16.4. The Morgan fingerprint density at radius 1 is 1.15 bits per heavy atom. The third-order valence-corrected chi connectivity index (χ3v) is 5.18. The van der Waals surface area contributed by atoms with Gasteiger partial charge >= 0.3 is 6.18 Å². The highest BCUT2D eigenvalue weighted by atomic mass is 79.9. The summed E-state index contributed by atoms with van der Waals surface area (Å²) in [6.07, 6.45) is -4.85. The van der Waals surface area contributed by atoms with Crippen molar-refractivity contribution in [2.24, 2.45) is 0 Å². The van der Waals surface area contributed by atoms with E-state index < -0.39 is 33.4 Å². The van der Waals surface area contributed by atoms with Gasteiger partial charge in [0.1, 0.15) is 10.6 Å². The van der Waals surface area contributed by atoms with Crippen LogP contribution in [0.2, 0.25) is 0 Å². The van der Waals surface area contributed by atoms with E-state index in [4.69, 9.17) is 4.74 Å². The summed E-state index contributed by atoms with van der Waals surface area (Å²) >= 11 is 3.11. The highest BCUT2D eigenvalue weighted by molar-refractivity contribution is 9.10. The maximum Gasteiger partial charge on any atom is 0.418 e. The van der Waals surface area contributed by atoms with Crippen LogP contribution in [0, 0.1) is 0 Å². The van der Waals surface area contributed by atoms with E-state index in [-0.39, 0.29) is 16.3 Å². The number of carbonyl (C=O) groups is 1. The molecule has 2 aromatic carbocycles. The monoisotopic (exact) mass is 466 g/mol. The number of nitrogens with one attached hydrogen (secondary N) is 2. The van der Waals surface area contributed by atoms with Gasteiger partial charge in [-0.1, -0.05) is 15.9 Å². The maximum absolute atomic E-state index is 13.4. The predicted octanol–water partition coefficient (Wildman–Crippen LogP) is 4.24. The van der Waals surface area contributed by atoms with Crippen LogP contribution in [0.4, 0.5) is 24.5 Å². The van der Waals surface area contributed by atoms with E-state index in [1.807, 2.05) is 4.72 Å². The molecule has 0 aliphatic heterocycles. The van der Waals surface area contributed by atoms with Crippen LogP contribution < -0.4 is 14.8 Å². The Hall–Kier alpha value is -2.27. The number of hydrogen-bond acceptors (Lipinski definition) is 4. The first-order chi connectivity index (χ1) is 12.4. The summed E-state index contributed by atoms with van der Waals surface area (Å²) in [6.45, 7) is 1.14. The lowest BCUT2D eigenvalue weighted by Crippen LogP contribution is -2.18. The number of ether oxygens (including phenoxy) is 1. The minimum atomic E-state index is -4.85. The first kappa shape index (κ1) is 21.0. The van der Waals surface area contributed by atoms with Gasteiger partial charge in [-0.25, -0.2) is 8.42 Å². The van der Waals surface area contributed by atoms with Crippen molar-refractivity contribution >= 4 is 43.2 Å². The molecular weight excluding hydrogens is 453 g/mol. The summed E-state index contributed by atoms with van der Waals surface area (Å²) in [6, 6.07) is 6.84. The van der Waals surface area contributed by atoms with Gasteiger partial charge < -0.3 is 10.1 Å². The lowest BCUT2D eigenvalue weighted by atomic mass is 10.1. The van der Waals surface area contributed by atoms with E-state index in [1.165, 1.54) is 25.3 Å². The second kappa shape index (κ2) is 7.77. The van der Waals surface area contributed by atoms with Crippen molar-refractivity contribution in [3.63, 3.8) is 0 Å². The summed E-state index contributed by atoms with van der Waals surface area (Å²) in [7, 11) is -3.15. The van der Waals surface area contributed by atoms with Crippen molar-refractivity contribution in [3.8, 4) is 5.75 Å². The maximum atomic E-state index is 13.4. The van der Waals surface area contributed by atoms with Crippen LogP contribution in [0.3, 0.4) is 0 Å². The Kier molecular flexibility index (Phi) is 6.05. The van der Waals surface area contributed by atoms with Crippen LogP contribution in [-0.2, 0) is 21.0 Å². The fourth-order valence-electron chi connectivity index (χ4n) is 2.21. The van der Waals surface area contributed by atoms with Crippen molar-refractivity contribution < 1.29 is 31.1 Å². The van der Waals surface area contributed by atoms with E-state index in [0.717, 1.165) is 19.1 Å². The Labute approximate surface area is 161 Å². The Morgan fingerprint density at radius 3 is 2.37 bits per heavy atom. The van der Waals surface area contributed by atoms with E-state index in [0.29, 0.717) is 10.5 Å². The summed E-state index contributed by atoms with van der Waals surface area (Å²) in [4.78, 5) is 10.7. The third-order valence-electron chi connectivity index (χ3n) is 3.30. The van der Waals surface area contributed by atoms with Gasteiger partial charge in [0.05, 0.1) is 18.4 Å². The number of sulfonamides is 1. The predicted molar refractivity (Wildman–Crippen MR) is 97.3 cm³/mol. The molecule has 2 rings (SSSR count). The summed E-state index contributed by atoms with van der Waals surface area (Å²) in [5.74, 6) is -0.593. The van der Waals surface area contributed by atoms with Crippen LogP contribution in [0.25, 0.3) is 0 Å². The lowest BCUT2D eigenvalue weighted by molar-refractivity contribution is -0.136. The van der Waals surface area contributed by atoms with Gasteiger partial charge in [-0.2, -0.15) is 13.2 Å². The molecule has 0 bridgehead atoms. The largest absolute Gasteiger partial charge is 0.495 e. The van der Waals surface area contributed by atoms with Crippen LogP contribution in [0.15, 0.2) is 45.8 Å². The summed E-state index contributed by atoms with van der Waals surface area (Å²) in [5, 5.41) is 2.22. The van der Waals surface area contributed by atoms with Crippen LogP contribution >= 0.6 is 15.9 Å². The van der Waals surface area contributed by atoms with Gasteiger partial charge in [0, 0.05) is 17.1 Å². The highest BCUT2D eigenvalue weighted by Gasteiger charge is 2.35. The zero-order chi connectivity index (χ0) is 20.4. The number of benzene rings is 2. The number of halogens is 4. The standard InChI is InChI=1S/C16H14BrF3N2O4S/c1-9(23)21-11-4-5-13(12(8-11)16(18,19)20)22-27(24,25)15-7-10(17)3-6-14(15)26-2/h3-8,22H,1-2H3,(H,21,23). The van der Waals surface area contributed by atoms with Gasteiger partial charge in [-0.05, 0) is 36.4 Å². The highest BCUT2D eigenvalue weighted by Crippen LogP contribution is 2.38. The number of anilines is 2. The van der Waals surface area contributed by atoms with Gasteiger partial charge in [-0.3, -0.25) is 9.52 Å². The molecule has 0 saturated heterocycles. The van der Waals surface area contributed by atoms with Gasteiger partial charge in [0.2, 0.25) is 5.91 Å². The van der Waals surface area contributed by atoms with Gasteiger partial charge in [0.15, 0.2) is 0 Å². The molecule has 0 aliphatic carbocycles. The molecule has 1 amide bonds. The molecule has 0 radical (unpaired) electrons. The van der Waals surface area contributed by atoms with Crippen molar-refractivity contribution in [1.82, 2.24) is 0 Å². The van der Waals surface area contributed by atoms with Gasteiger partial charge in [-0.15, -0.1) is 0 Å². The van der Waals surface area contributed by atoms with Crippen LogP contribution in [0.1, 0.15) is 12.5 Å². The lowest BCUT2D eigenvalue weighted by Gasteiger charge is -2.17. The molecule has 11 heteroatoms. The number of carbonyl (C=O) groups excluding carboxylic acids is 1. The third kappa shape index (κ3) is 5.13. The molecule has 0 saturated carbocycles. The Morgan fingerprint density at radius 2 is 1.81 bits per heavy atom. The first-order valence-corrected chi connectivity index (χ1v) is 9.57. The fourth-order valence-corrected chi connectivity index (χ4v) is 4.00. The first-order valence-electron chi connectivity index (χ1n) is 7.29. The fraction of sp³-hybridized carbons (Fsp3) is 0.188. The van der Waals surface area contributed by atoms with Crippen LogP contribution in [-0.4, -0.2) is 21.4 Å². The minimum Gasteiger partial charge on any atom is -0.495 e. The molecule has 27 heavy (non-hydrogen) atoms. The quantitative estimate of drug-likeness (QED) is 0.690. The molecule has 2 aromatic rings. The van der Waals surface area contributed by atoms with Crippen molar-refractivity contribution in [3.05, 3.63) is 46.4 Å². The number of alkyl halides is 3. The molecular formula is C16H14BrF3N2O4S. The summed E-state index contributed by atoms with van der Waals surface area (Å²) in [5.41, 5.74) is -2.04. The normalized spacial score (nSPS) is 11.8. The summed E-state index contributed by atoms with van der Waals surface area (Å²) < 4.78 is 72.7. The second-order valence-corrected chi connectivity index (χ2v) is 7.91. The molecule has 0 fully saturated rings. The van der Waals surface area contributed by atoms with Crippen molar-refractivity contribution in [1.29, 1.82) is 0 Å². The molecule has 146 valence electrons. The molecule has 2 N–H and O–H groups in total. The van der Waals surface area contributed by atoms with E-state index >= 15 is 0 Å². The number of hydrogen-bond donors (Lipinski definition) is 2. The number of rotatable bonds is 5. The Balaban J connectivity index is 2.53. The van der Waals surface area contributed by atoms with E-state index in [1.54, 1.807) is 0 Å². The SMILES string of the molecule is COc1ccc(Br)cc1S(=O)(=O)Nc1ccc(NC(C)=O)cc1C(F)(F)F. The minimum absolute atomic E-state index is 0.0332. The second-order valence-electron chi connectivity index (χ2n) is 5.34. The van der Waals surface area contributed by atoms with E-state index in [9.17, 15) is 26.4 Å². The molecule has 0 heterocycles. The molecule has 0 aliphatic rings. The van der Waals surface area contributed by atoms with Crippen LogP contribution in [0.5, 0.6) is 5.75 Å².